The van der Waals surface area contributed by atoms with Gasteiger partial charge in [0, 0.05) is 29.7 Å². The van der Waals surface area contributed by atoms with E-state index in [9.17, 15) is 0 Å². The maximum atomic E-state index is 4.85. The maximum absolute atomic E-state index is 4.85. The van der Waals surface area contributed by atoms with Gasteiger partial charge in [0.15, 0.2) is 0 Å². The molecule has 2 heteroatoms. The Bertz CT molecular complexity index is 759. The molecule has 104 valence electrons. The van der Waals surface area contributed by atoms with Gasteiger partial charge >= 0.3 is 0 Å². The highest BCUT2D eigenvalue weighted by Crippen LogP contribution is 2.32. The Morgan fingerprint density at radius 1 is 0.810 bits per heavy atom. The van der Waals surface area contributed by atoms with Crippen molar-refractivity contribution in [3.05, 3.63) is 60.7 Å². The van der Waals surface area contributed by atoms with Crippen LogP contribution in [0, 0.1) is 0 Å². The summed E-state index contributed by atoms with van der Waals surface area (Å²) in [6.45, 7) is 2.31. The molecule has 21 heavy (non-hydrogen) atoms. The Kier molecular flexibility index (Phi) is 3.07. The first-order chi connectivity index (χ1) is 10.4. The fourth-order valence-corrected chi connectivity index (χ4v) is 3.13. The van der Waals surface area contributed by atoms with Crippen LogP contribution in [0.5, 0.6) is 0 Å². The van der Waals surface area contributed by atoms with Gasteiger partial charge in [-0.1, -0.05) is 48.5 Å². The Labute approximate surface area is 125 Å². The first-order valence-electron chi connectivity index (χ1n) is 7.62. The molecule has 0 unspecified atom stereocenters. The van der Waals surface area contributed by atoms with Crippen molar-refractivity contribution in [3.8, 4) is 11.3 Å². The molecule has 2 aromatic carbocycles. The molecular weight excluding hydrogens is 256 g/mol. The van der Waals surface area contributed by atoms with Gasteiger partial charge in [-0.15, -0.1) is 0 Å². The summed E-state index contributed by atoms with van der Waals surface area (Å²) in [6, 6.07) is 21.2. The molecule has 0 N–H and O–H groups in total. The van der Waals surface area contributed by atoms with E-state index in [0.29, 0.717) is 0 Å². The molecule has 0 aliphatic carbocycles. The number of pyridine rings is 1. The number of aromatic nitrogens is 1. The quantitative estimate of drug-likeness (QED) is 0.684. The molecule has 1 aromatic heterocycles. The fourth-order valence-electron chi connectivity index (χ4n) is 3.13. The lowest BCUT2D eigenvalue weighted by atomic mass is 10.1. The molecule has 1 aliphatic heterocycles. The molecule has 0 amide bonds. The minimum absolute atomic E-state index is 1.07. The lowest BCUT2D eigenvalue weighted by Gasteiger charge is -2.20. The number of hydrogen-bond acceptors (Lipinski definition) is 2. The van der Waals surface area contributed by atoms with Crippen molar-refractivity contribution in [1.29, 1.82) is 0 Å². The van der Waals surface area contributed by atoms with Gasteiger partial charge in [0.05, 0.1) is 11.2 Å². The van der Waals surface area contributed by atoms with Gasteiger partial charge in [0.25, 0.3) is 0 Å². The molecule has 4 rings (SSSR count). The predicted octanol–water partition coefficient (Wildman–Crippen LogP) is 4.50. The van der Waals surface area contributed by atoms with Gasteiger partial charge in [-0.05, 0) is 25.0 Å². The van der Waals surface area contributed by atoms with Gasteiger partial charge in [-0.2, -0.15) is 0 Å². The molecule has 3 aromatic rings. The summed E-state index contributed by atoms with van der Waals surface area (Å²) in [5.74, 6) is 0. The van der Waals surface area contributed by atoms with Crippen LogP contribution < -0.4 is 4.90 Å². The predicted molar refractivity (Wildman–Crippen MR) is 88.6 cm³/mol. The standard InChI is InChI=1S/C19H18N2/c1-2-8-15(9-3-1)18-14-19(21-12-6-7-13-21)16-10-4-5-11-17(16)20-18/h1-5,8-11,14H,6-7,12-13H2. The normalized spacial score (nSPS) is 14.8. The number of benzene rings is 2. The van der Waals surface area contributed by atoms with Crippen molar-refractivity contribution in [2.45, 2.75) is 12.8 Å². The van der Waals surface area contributed by atoms with Gasteiger partial charge in [-0.3, -0.25) is 0 Å². The van der Waals surface area contributed by atoms with E-state index in [2.05, 4.69) is 59.5 Å². The highest BCUT2D eigenvalue weighted by molar-refractivity contribution is 5.94. The zero-order valence-corrected chi connectivity index (χ0v) is 12.0. The third-order valence-corrected chi connectivity index (χ3v) is 4.21. The third-order valence-electron chi connectivity index (χ3n) is 4.21. The fraction of sp³-hybridized carbons (Fsp3) is 0.211. The van der Waals surface area contributed by atoms with E-state index < -0.39 is 0 Å². The lowest BCUT2D eigenvalue weighted by Crippen LogP contribution is -2.18. The topological polar surface area (TPSA) is 16.1 Å². The van der Waals surface area contributed by atoms with Gasteiger partial charge in [0.2, 0.25) is 0 Å². The smallest absolute Gasteiger partial charge is 0.0730 e. The van der Waals surface area contributed by atoms with Crippen LogP contribution >= 0.6 is 0 Å². The molecule has 1 saturated heterocycles. The van der Waals surface area contributed by atoms with Crippen LogP contribution in [0.1, 0.15) is 12.8 Å². The van der Waals surface area contributed by atoms with E-state index in [0.717, 1.165) is 24.3 Å². The third kappa shape index (κ3) is 2.27. The minimum atomic E-state index is 1.07. The van der Waals surface area contributed by atoms with E-state index >= 15 is 0 Å². The van der Waals surface area contributed by atoms with Crippen molar-refractivity contribution in [3.63, 3.8) is 0 Å². The second kappa shape index (κ2) is 5.21. The maximum Gasteiger partial charge on any atom is 0.0730 e. The number of anilines is 1. The van der Waals surface area contributed by atoms with Crippen LogP contribution in [-0.4, -0.2) is 18.1 Å². The second-order valence-corrected chi connectivity index (χ2v) is 5.60. The second-order valence-electron chi connectivity index (χ2n) is 5.60. The molecule has 0 radical (unpaired) electrons. The van der Waals surface area contributed by atoms with Crippen LogP contribution in [0.3, 0.4) is 0 Å². The highest BCUT2D eigenvalue weighted by Gasteiger charge is 2.16. The van der Waals surface area contributed by atoms with Crippen molar-refractivity contribution < 1.29 is 0 Å². The summed E-state index contributed by atoms with van der Waals surface area (Å²) in [5, 5.41) is 1.26. The van der Waals surface area contributed by atoms with Crippen molar-refractivity contribution >= 4 is 16.6 Å². The Morgan fingerprint density at radius 3 is 2.33 bits per heavy atom. The van der Waals surface area contributed by atoms with Gasteiger partial charge in [-0.25, -0.2) is 4.98 Å². The Balaban J connectivity index is 1.93. The van der Waals surface area contributed by atoms with E-state index in [1.54, 1.807) is 0 Å². The first-order valence-corrected chi connectivity index (χ1v) is 7.62. The lowest BCUT2D eigenvalue weighted by molar-refractivity contribution is 0.949. The highest BCUT2D eigenvalue weighted by atomic mass is 15.1. The molecular formula is C19H18N2. The largest absolute Gasteiger partial charge is 0.371 e. The van der Waals surface area contributed by atoms with Crippen molar-refractivity contribution in [1.82, 2.24) is 4.98 Å². The zero-order chi connectivity index (χ0) is 14.1. The summed E-state index contributed by atoms with van der Waals surface area (Å²) in [5.41, 5.74) is 4.66. The zero-order valence-electron chi connectivity index (χ0n) is 12.0. The van der Waals surface area contributed by atoms with Crippen LogP contribution in [0.2, 0.25) is 0 Å². The molecule has 0 atom stereocenters. The van der Waals surface area contributed by atoms with Crippen LogP contribution in [0.25, 0.3) is 22.2 Å². The van der Waals surface area contributed by atoms with E-state index in [1.807, 2.05) is 6.07 Å². The summed E-state index contributed by atoms with van der Waals surface area (Å²) in [4.78, 5) is 7.35. The molecule has 0 spiro atoms. The number of hydrogen-bond donors (Lipinski definition) is 0. The number of rotatable bonds is 2. The van der Waals surface area contributed by atoms with Crippen LogP contribution in [0.4, 0.5) is 5.69 Å². The van der Waals surface area contributed by atoms with Gasteiger partial charge in [0.1, 0.15) is 0 Å². The van der Waals surface area contributed by atoms with Crippen LogP contribution in [0.15, 0.2) is 60.7 Å². The molecule has 0 saturated carbocycles. The minimum Gasteiger partial charge on any atom is -0.371 e. The van der Waals surface area contributed by atoms with E-state index in [1.165, 1.54) is 29.5 Å². The molecule has 2 heterocycles. The number of para-hydroxylation sites is 1. The average molecular weight is 274 g/mol. The first kappa shape index (κ1) is 12.4. The Morgan fingerprint density at radius 2 is 1.52 bits per heavy atom. The molecule has 0 bridgehead atoms. The number of fused-ring (bicyclic) bond motifs is 1. The van der Waals surface area contributed by atoms with Crippen molar-refractivity contribution in [2.75, 3.05) is 18.0 Å². The summed E-state index contributed by atoms with van der Waals surface area (Å²) in [7, 11) is 0. The molecule has 1 fully saturated rings. The van der Waals surface area contributed by atoms with Crippen molar-refractivity contribution in [2.24, 2.45) is 0 Å². The number of nitrogens with zero attached hydrogens (tertiary/aromatic N) is 2. The average Bonchev–Trinajstić information content (AvgIpc) is 3.09. The summed E-state index contributed by atoms with van der Waals surface area (Å²) < 4.78 is 0. The van der Waals surface area contributed by atoms with E-state index in [-0.39, 0.29) is 0 Å². The monoisotopic (exact) mass is 274 g/mol. The Hall–Kier alpha value is -2.35. The SMILES string of the molecule is c1ccc(-c2cc(N3CCCC3)c3ccccc3n2)cc1. The van der Waals surface area contributed by atoms with E-state index in [4.69, 9.17) is 4.98 Å². The summed E-state index contributed by atoms with van der Waals surface area (Å²) >= 11 is 0. The van der Waals surface area contributed by atoms with Gasteiger partial charge < -0.3 is 4.90 Å². The molecule has 2 nitrogen and oxygen atoms in total. The molecule has 1 aliphatic rings. The van der Waals surface area contributed by atoms with Crippen LogP contribution in [-0.2, 0) is 0 Å². The summed E-state index contributed by atoms with van der Waals surface area (Å²) in [6.07, 6.45) is 2.58.